The number of hydrogen-bond donors (Lipinski definition) is 1. The number of rotatable bonds is 5. The average molecular weight is 362 g/mol. The predicted molar refractivity (Wildman–Crippen MR) is 108 cm³/mol. The maximum atomic E-state index is 5.49. The monoisotopic (exact) mass is 362 g/mol. The molecule has 1 aliphatic rings. The number of benzene rings is 2. The van der Waals surface area contributed by atoms with Gasteiger partial charge >= 0.3 is 0 Å². The van der Waals surface area contributed by atoms with Crippen molar-refractivity contribution in [1.29, 1.82) is 0 Å². The second kappa shape index (κ2) is 7.94. The van der Waals surface area contributed by atoms with Crippen molar-refractivity contribution in [3.8, 4) is 16.9 Å². The van der Waals surface area contributed by atoms with E-state index >= 15 is 0 Å². The molecule has 1 unspecified atom stereocenters. The summed E-state index contributed by atoms with van der Waals surface area (Å²) in [6, 6.07) is 17.3. The summed E-state index contributed by atoms with van der Waals surface area (Å²) in [4.78, 5) is 7.08. The molecule has 5 nitrogen and oxygen atoms in total. The molecule has 0 spiro atoms. The summed E-state index contributed by atoms with van der Waals surface area (Å²) in [6.07, 6.45) is 3.90. The lowest BCUT2D eigenvalue weighted by Gasteiger charge is -2.35. The number of ether oxygens (including phenoxy) is 1. The fourth-order valence-electron chi connectivity index (χ4n) is 3.80. The summed E-state index contributed by atoms with van der Waals surface area (Å²) in [5.74, 6) is 2.02. The van der Waals surface area contributed by atoms with E-state index in [0.717, 1.165) is 43.3 Å². The normalized spacial score (nSPS) is 17.8. The van der Waals surface area contributed by atoms with Crippen LogP contribution in [0.1, 0.15) is 17.4 Å². The Bertz CT molecular complexity index is 887. The first-order valence-electron chi connectivity index (χ1n) is 9.40. The third-order valence-corrected chi connectivity index (χ3v) is 5.27. The molecule has 1 aromatic heterocycles. The molecule has 3 aromatic rings. The lowest BCUT2D eigenvalue weighted by atomic mass is 10.0. The van der Waals surface area contributed by atoms with Crippen LogP contribution in [0.15, 0.2) is 60.9 Å². The average Bonchev–Trinajstić information content (AvgIpc) is 3.15. The Morgan fingerprint density at radius 3 is 2.70 bits per heavy atom. The lowest BCUT2D eigenvalue weighted by Crippen LogP contribution is -2.46. The van der Waals surface area contributed by atoms with Crippen LogP contribution in [0.2, 0.25) is 0 Å². The Hall–Kier alpha value is -2.63. The van der Waals surface area contributed by atoms with Crippen molar-refractivity contribution in [2.24, 2.45) is 7.05 Å². The number of nitrogens with one attached hydrogen (secondary N) is 1. The van der Waals surface area contributed by atoms with Gasteiger partial charge in [0.15, 0.2) is 0 Å². The van der Waals surface area contributed by atoms with E-state index in [1.807, 2.05) is 30.6 Å². The maximum absolute atomic E-state index is 5.49. The smallest absolute Gasteiger partial charge is 0.127 e. The van der Waals surface area contributed by atoms with Crippen LogP contribution in [0, 0.1) is 0 Å². The summed E-state index contributed by atoms with van der Waals surface area (Å²) in [6.45, 7) is 3.89. The number of aryl methyl sites for hydroxylation is 1. The fourth-order valence-corrected chi connectivity index (χ4v) is 3.80. The van der Waals surface area contributed by atoms with Gasteiger partial charge in [-0.25, -0.2) is 4.98 Å². The molecule has 2 aromatic carbocycles. The van der Waals surface area contributed by atoms with Gasteiger partial charge in [0, 0.05) is 51.2 Å². The van der Waals surface area contributed by atoms with E-state index in [9.17, 15) is 0 Å². The summed E-state index contributed by atoms with van der Waals surface area (Å²) in [7, 11) is 3.78. The zero-order chi connectivity index (χ0) is 18.6. The Balaban J connectivity index is 1.53. The van der Waals surface area contributed by atoms with Crippen LogP contribution < -0.4 is 10.1 Å². The van der Waals surface area contributed by atoms with Crippen molar-refractivity contribution in [3.63, 3.8) is 0 Å². The molecule has 0 amide bonds. The second-order valence-corrected chi connectivity index (χ2v) is 6.98. The van der Waals surface area contributed by atoms with E-state index in [0.29, 0.717) is 6.04 Å². The predicted octanol–water partition coefficient (Wildman–Crippen LogP) is 3.24. The second-order valence-electron chi connectivity index (χ2n) is 6.98. The van der Waals surface area contributed by atoms with E-state index < -0.39 is 0 Å². The topological polar surface area (TPSA) is 42.3 Å². The minimum absolute atomic E-state index is 0.299. The van der Waals surface area contributed by atoms with Gasteiger partial charge in [0.05, 0.1) is 13.2 Å². The molecule has 1 saturated heterocycles. The lowest BCUT2D eigenvalue weighted by molar-refractivity contribution is 0.145. The zero-order valence-electron chi connectivity index (χ0n) is 15.9. The van der Waals surface area contributed by atoms with Crippen LogP contribution in [0.5, 0.6) is 5.75 Å². The highest BCUT2D eigenvalue weighted by atomic mass is 16.5. The molecule has 27 heavy (non-hydrogen) atoms. The largest absolute Gasteiger partial charge is 0.496 e. The molecule has 4 rings (SSSR count). The zero-order valence-corrected chi connectivity index (χ0v) is 15.9. The van der Waals surface area contributed by atoms with Gasteiger partial charge < -0.3 is 14.6 Å². The van der Waals surface area contributed by atoms with Gasteiger partial charge in [-0.05, 0) is 17.2 Å². The molecule has 5 heteroatoms. The number of methoxy groups -OCH3 is 1. The number of piperazine rings is 1. The molecule has 0 aliphatic carbocycles. The summed E-state index contributed by atoms with van der Waals surface area (Å²) >= 11 is 0. The van der Waals surface area contributed by atoms with E-state index in [1.54, 1.807) is 7.11 Å². The highest BCUT2D eigenvalue weighted by Crippen LogP contribution is 2.30. The van der Waals surface area contributed by atoms with Gasteiger partial charge in [-0.15, -0.1) is 0 Å². The van der Waals surface area contributed by atoms with Gasteiger partial charge in [0.25, 0.3) is 0 Å². The minimum atomic E-state index is 0.299. The van der Waals surface area contributed by atoms with E-state index in [4.69, 9.17) is 4.74 Å². The molecular weight excluding hydrogens is 336 g/mol. The van der Waals surface area contributed by atoms with Crippen molar-refractivity contribution in [1.82, 2.24) is 19.8 Å². The standard InChI is InChI=1S/C22H26N4O/c1-25-13-12-24-22(25)20-15-23-11-14-26(20)16-17-7-9-18(10-8-17)19-5-3-4-6-21(19)27-2/h3-10,12-13,20,23H,11,14-16H2,1-2H3. The Kier molecular flexibility index (Phi) is 5.23. The number of hydrogen-bond acceptors (Lipinski definition) is 4. The van der Waals surface area contributed by atoms with E-state index in [2.05, 4.69) is 57.1 Å². The summed E-state index contributed by atoms with van der Waals surface area (Å²) in [5, 5.41) is 3.50. The first-order chi connectivity index (χ1) is 13.3. The fraction of sp³-hybridized carbons (Fsp3) is 0.318. The van der Waals surface area contributed by atoms with Crippen molar-refractivity contribution in [3.05, 3.63) is 72.3 Å². The van der Waals surface area contributed by atoms with Crippen molar-refractivity contribution < 1.29 is 4.74 Å². The van der Waals surface area contributed by atoms with Gasteiger partial charge in [0.2, 0.25) is 0 Å². The molecule has 0 bridgehead atoms. The van der Waals surface area contributed by atoms with Gasteiger partial charge in [-0.1, -0.05) is 42.5 Å². The van der Waals surface area contributed by atoms with Crippen molar-refractivity contribution in [2.75, 3.05) is 26.7 Å². The molecule has 2 heterocycles. The Labute approximate surface area is 160 Å². The number of imidazole rings is 1. The molecule has 1 N–H and O–H groups in total. The van der Waals surface area contributed by atoms with Crippen LogP contribution in [-0.2, 0) is 13.6 Å². The van der Waals surface area contributed by atoms with Crippen LogP contribution in [-0.4, -0.2) is 41.2 Å². The minimum Gasteiger partial charge on any atom is -0.496 e. The van der Waals surface area contributed by atoms with Gasteiger partial charge in [-0.3, -0.25) is 4.90 Å². The highest BCUT2D eigenvalue weighted by Gasteiger charge is 2.26. The number of aromatic nitrogens is 2. The highest BCUT2D eigenvalue weighted by molar-refractivity contribution is 5.70. The summed E-state index contributed by atoms with van der Waals surface area (Å²) < 4.78 is 7.61. The van der Waals surface area contributed by atoms with Crippen molar-refractivity contribution >= 4 is 0 Å². The molecular formula is C22H26N4O. The van der Waals surface area contributed by atoms with Crippen LogP contribution >= 0.6 is 0 Å². The van der Waals surface area contributed by atoms with Gasteiger partial charge in [0.1, 0.15) is 11.6 Å². The van der Waals surface area contributed by atoms with E-state index in [-0.39, 0.29) is 0 Å². The van der Waals surface area contributed by atoms with Crippen molar-refractivity contribution in [2.45, 2.75) is 12.6 Å². The summed E-state index contributed by atoms with van der Waals surface area (Å²) in [5.41, 5.74) is 3.62. The SMILES string of the molecule is COc1ccccc1-c1ccc(CN2CCNCC2c2nccn2C)cc1. The van der Waals surface area contributed by atoms with E-state index in [1.165, 1.54) is 11.1 Å². The maximum Gasteiger partial charge on any atom is 0.127 e. The quantitative estimate of drug-likeness (QED) is 0.757. The molecule has 1 aliphatic heterocycles. The van der Waals surface area contributed by atoms with Crippen LogP contribution in [0.3, 0.4) is 0 Å². The first-order valence-corrected chi connectivity index (χ1v) is 9.40. The third kappa shape index (κ3) is 3.75. The third-order valence-electron chi connectivity index (χ3n) is 5.27. The molecule has 0 radical (unpaired) electrons. The number of para-hydroxylation sites is 1. The Morgan fingerprint density at radius 2 is 1.96 bits per heavy atom. The molecule has 1 atom stereocenters. The number of nitrogens with zero attached hydrogens (tertiary/aromatic N) is 3. The first kappa shape index (κ1) is 17.8. The van der Waals surface area contributed by atoms with Gasteiger partial charge in [-0.2, -0.15) is 0 Å². The van der Waals surface area contributed by atoms with Crippen LogP contribution in [0.25, 0.3) is 11.1 Å². The molecule has 140 valence electrons. The molecule has 1 fully saturated rings. The molecule has 0 saturated carbocycles. The van der Waals surface area contributed by atoms with Crippen LogP contribution in [0.4, 0.5) is 0 Å². The Morgan fingerprint density at radius 1 is 1.15 bits per heavy atom.